The molecular weight excluding hydrogens is 1100 g/mol. The van der Waals surface area contributed by atoms with E-state index in [4.69, 9.17) is 25.8 Å². The van der Waals surface area contributed by atoms with E-state index in [0.717, 1.165) is 48.8 Å². The second-order valence-electron chi connectivity index (χ2n) is 21.0. The molecule has 2 aromatic heterocycles. The summed E-state index contributed by atoms with van der Waals surface area (Å²) in [6, 6.07) is 23.2. The number of thiazole rings is 1. The topological polar surface area (TPSA) is 251 Å². The average molecular weight is 1180 g/mol. The molecule has 3 fully saturated rings. The summed E-state index contributed by atoms with van der Waals surface area (Å²) in [5.41, 5.74) is 3.06. The molecule has 444 valence electrons. The largest absolute Gasteiger partial charge is 0.377 e. The van der Waals surface area contributed by atoms with Crippen molar-refractivity contribution >= 4 is 80.8 Å². The predicted octanol–water partition coefficient (Wildman–Crippen LogP) is 5.99. The molecule has 1 saturated carbocycles. The summed E-state index contributed by atoms with van der Waals surface area (Å²) in [5.74, 6) is -0.631. The lowest BCUT2D eigenvalue weighted by atomic mass is 9.83. The van der Waals surface area contributed by atoms with Gasteiger partial charge in [-0.2, -0.15) is 0 Å². The first-order valence-electron chi connectivity index (χ1n) is 28.6. The molecular formula is C60H77ClN12O9S. The molecule has 6 amide bonds. The van der Waals surface area contributed by atoms with Crippen molar-refractivity contribution < 1.29 is 43.0 Å². The van der Waals surface area contributed by atoms with Crippen LogP contribution in [0.4, 0.5) is 22.5 Å². The van der Waals surface area contributed by atoms with E-state index in [-0.39, 0.29) is 75.7 Å². The fourth-order valence-corrected chi connectivity index (χ4v) is 11.7. The van der Waals surface area contributed by atoms with Gasteiger partial charge in [-0.1, -0.05) is 115 Å². The molecule has 1 aliphatic carbocycles. The lowest BCUT2D eigenvalue weighted by molar-refractivity contribution is -0.143. The summed E-state index contributed by atoms with van der Waals surface area (Å²) < 4.78 is 17.2. The van der Waals surface area contributed by atoms with Gasteiger partial charge in [-0.15, -0.1) is 0 Å². The molecule has 83 heavy (non-hydrogen) atoms. The summed E-state index contributed by atoms with van der Waals surface area (Å²) in [6.45, 7) is 9.08. The molecule has 4 heterocycles. The summed E-state index contributed by atoms with van der Waals surface area (Å²) in [4.78, 5) is 102. The molecule has 0 bridgehead atoms. The number of para-hydroxylation sites is 1. The number of halogens is 1. The lowest BCUT2D eigenvalue weighted by Crippen LogP contribution is -2.59. The van der Waals surface area contributed by atoms with Crippen molar-refractivity contribution in [3.8, 4) is 0 Å². The van der Waals surface area contributed by atoms with E-state index in [0.29, 0.717) is 83.7 Å². The standard InChI is InChI=1S/C60H77ClN12O9S/c1-39-16-14-23-45(61)52(39)68-57(77)47-37-64-60(83-47)67-48-36-49(66-41(3)65-48)71-27-29-72(30-28-71)50(74)38-82-35-34-81-33-32-80-31-25-63-58(78)54(51(42-17-8-5-9-18-42)43-19-10-6-11-20-43)70-56(76)46-24-15-26-73(46)59(79)53(44-21-12-7-13-22-44)69-55(75)40(2)62-4/h5-6,8-11,14,16-20,23,36-37,40,44,46,51,53-54,62H,7,12-13,15,21-22,24-35,38H2,1-4H3,(H,63,78)(H,68,77)(H,69,75)(H,70,76)(H,64,65,66,67)/t40-,46-,53-,54-/m0/s1. The van der Waals surface area contributed by atoms with Gasteiger partial charge in [0, 0.05) is 51.3 Å². The molecule has 0 radical (unpaired) electrons. The Morgan fingerprint density at radius 2 is 1.42 bits per heavy atom. The number of carbonyl (C=O) groups excluding carboxylic acids is 6. The smallest absolute Gasteiger partial charge is 0.267 e. The van der Waals surface area contributed by atoms with E-state index in [1.54, 1.807) is 36.8 Å². The number of anilines is 4. The lowest BCUT2D eigenvalue weighted by Gasteiger charge is -2.36. The van der Waals surface area contributed by atoms with Crippen molar-refractivity contribution in [1.29, 1.82) is 0 Å². The van der Waals surface area contributed by atoms with Crippen LogP contribution in [-0.4, -0.2) is 170 Å². The highest BCUT2D eigenvalue weighted by molar-refractivity contribution is 7.17. The van der Waals surface area contributed by atoms with Gasteiger partial charge in [0.25, 0.3) is 5.91 Å². The molecule has 4 atom stereocenters. The average Bonchev–Trinajstić information content (AvgIpc) is 4.40. The van der Waals surface area contributed by atoms with Crippen molar-refractivity contribution in [2.75, 3.05) is 101 Å². The van der Waals surface area contributed by atoms with Crippen LogP contribution >= 0.6 is 22.9 Å². The number of carbonyl (C=O) groups is 6. The second-order valence-corrected chi connectivity index (χ2v) is 22.4. The maximum atomic E-state index is 14.6. The quantitative estimate of drug-likeness (QED) is 0.0330. The van der Waals surface area contributed by atoms with Gasteiger partial charge in [0.2, 0.25) is 29.5 Å². The Balaban J connectivity index is 0.755. The van der Waals surface area contributed by atoms with Crippen LogP contribution in [0.25, 0.3) is 0 Å². The molecule has 21 nitrogen and oxygen atoms in total. The molecule has 23 heteroatoms. The van der Waals surface area contributed by atoms with Gasteiger partial charge >= 0.3 is 0 Å². The first-order valence-corrected chi connectivity index (χ1v) is 29.8. The van der Waals surface area contributed by atoms with Crippen molar-refractivity contribution in [3.63, 3.8) is 0 Å². The van der Waals surface area contributed by atoms with Crippen LogP contribution in [0.3, 0.4) is 0 Å². The van der Waals surface area contributed by atoms with Crippen molar-refractivity contribution in [2.45, 2.75) is 95.8 Å². The third-order valence-corrected chi connectivity index (χ3v) is 16.5. The van der Waals surface area contributed by atoms with E-state index in [9.17, 15) is 28.8 Å². The predicted molar refractivity (Wildman–Crippen MR) is 319 cm³/mol. The first-order chi connectivity index (χ1) is 40.3. The number of ether oxygens (including phenoxy) is 3. The molecule has 0 spiro atoms. The Bertz CT molecular complexity index is 2900. The molecule has 3 aliphatic rings. The van der Waals surface area contributed by atoms with Crippen LogP contribution in [0.1, 0.15) is 90.0 Å². The monoisotopic (exact) mass is 1180 g/mol. The van der Waals surface area contributed by atoms with E-state index in [2.05, 4.69) is 51.8 Å². The van der Waals surface area contributed by atoms with E-state index in [1.165, 1.54) is 17.5 Å². The SMILES string of the molecule is CN[C@@H](C)C(=O)N[C@H](C(=O)N1CCC[C@H]1C(=O)N[C@H](C(=O)NCCOCCOCCOCC(=O)N1CCN(c2cc(Nc3ncc(C(=O)Nc4c(C)cccc4Cl)s3)nc(C)n2)CC1)C(c1ccccc1)c1ccccc1)C1CCCCC1. The summed E-state index contributed by atoms with van der Waals surface area (Å²) in [7, 11) is 1.70. The highest BCUT2D eigenvalue weighted by atomic mass is 35.5. The molecule has 5 aromatic rings. The number of likely N-dealkylation sites (tertiary alicyclic amines) is 1. The van der Waals surface area contributed by atoms with E-state index < -0.39 is 41.9 Å². The number of aromatic nitrogens is 3. The van der Waals surface area contributed by atoms with Gasteiger partial charge in [-0.05, 0) is 82.2 Å². The number of rotatable bonds is 27. The Morgan fingerprint density at radius 3 is 2.10 bits per heavy atom. The second kappa shape index (κ2) is 31.0. The number of amides is 6. The molecule has 8 rings (SSSR count). The Hall–Kier alpha value is -7.08. The number of nitrogens with zero attached hydrogens (tertiary/aromatic N) is 6. The van der Waals surface area contributed by atoms with Gasteiger partial charge in [-0.25, -0.2) is 15.0 Å². The number of benzene rings is 3. The maximum absolute atomic E-state index is 14.6. The highest BCUT2D eigenvalue weighted by Gasteiger charge is 2.43. The molecule has 3 aromatic carbocycles. The maximum Gasteiger partial charge on any atom is 0.267 e. The Morgan fingerprint density at radius 1 is 0.747 bits per heavy atom. The molecule has 0 unspecified atom stereocenters. The van der Waals surface area contributed by atoms with Crippen LogP contribution in [0.5, 0.6) is 0 Å². The summed E-state index contributed by atoms with van der Waals surface area (Å²) >= 11 is 7.50. The van der Waals surface area contributed by atoms with Gasteiger partial charge in [0.1, 0.15) is 47.1 Å². The fraction of sp³-hybridized carbons (Fsp3) is 0.483. The minimum Gasteiger partial charge on any atom is -0.377 e. The van der Waals surface area contributed by atoms with E-state index in [1.807, 2.05) is 85.8 Å². The zero-order chi connectivity index (χ0) is 58.7. The summed E-state index contributed by atoms with van der Waals surface area (Å²) in [5, 5.41) is 19.1. The Kier molecular flexibility index (Phi) is 23.1. The van der Waals surface area contributed by atoms with Gasteiger partial charge < -0.3 is 60.8 Å². The number of nitrogens with one attached hydrogen (secondary N) is 6. The van der Waals surface area contributed by atoms with Crippen LogP contribution in [-0.2, 0) is 38.2 Å². The molecule has 6 N–H and O–H groups in total. The van der Waals surface area contributed by atoms with E-state index >= 15 is 0 Å². The minimum absolute atomic E-state index is 0.0365. The highest BCUT2D eigenvalue weighted by Crippen LogP contribution is 2.33. The summed E-state index contributed by atoms with van der Waals surface area (Å²) in [6.07, 6.45) is 7.19. The zero-order valence-electron chi connectivity index (χ0n) is 47.7. The van der Waals surface area contributed by atoms with Crippen LogP contribution in [0, 0.1) is 19.8 Å². The number of piperazine rings is 1. The normalized spacial score (nSPS) is 16.7. The fourth-order valence-electron chi connectivity index (χ4n) is 10.7. The Labute approximate surface area is 494 Å². The molecule has 2 aliphatic heterocycles. The third-order valence-electron chi connectivity index (χ3n) is 15.3. The van der Waals surface area contributed by atoms with Crippen LogP contribution in [0.15, 0.2) is 91.1 Å². The van der Waals surface area contributed by atoms with Crippen molar-refractivity contribution in [1.82, 2.24) is 46.0 Å². The third kappa shape index (κ3) is 17.3. The van der Waals surface area contributed by atoms with Gasteiger partial charge in [-0.3, -0.25) is 28.8 Å². The number of likely N-dealkylation sites (N-methyl/N-ethyl adjacent to an activating group) is 1. The van der Waals surface area contributed by atoms with Crippen molar-refractivity contribution in [2.24, 2.45) is 5.92 Å². The van der Waals surface area contributed by atoms with Gasteiger partial charge in [0.15, 0.2) is 5.13 Å². The van der Waals surface area contributed by atoms with Gasteiger partial charge in [0.05, 0.1) is 56.0 Å². The van der Waals surface area contributed by atoms with Crippen LogP contribution in [0.2, 0.25) is 5.02 Å². The number of aryl methyl sites for hydroxylation is 2. The minimum atomic E-state index is -1.05. The molecule has 2 saturated heterocycles. The van der Waals surface area contributed by atoms with Crippen molar-refractivity contribution in [3.05, 3.63) is 124 Å². The first kappa shape index (κ1) is 62.0. The van der Waals surface area contributed by atoms with Crippen LogP contribution < -0.4 is 36.8 Å². The zero-order valence-corrected chi connectivity index (χ0v) is 49.3. The number of hydrogen-bond donors (Lipinski definition) is 6. The number of hydrogen-bond acceptors (Lipinski definition) is 16.